The summed E-state index contributed by atoms with van der Waals surface area (Å²) in [6.07, 6.45) is 3.75. The van der Waals surface area contributed by atoms with Gasteiger partial charge >= 0.3 is 0 Å². The zero-order valence-electron chi connectivity index (χ0n) is 11.5. The van der Waals surface area contributed by atoms with E-state index >= 15 is 0 Å². The lowest BCUT2D eigenvalue weighted by atomic mass is 10.1. The molecule has 0 unspecified atom stereocenters. The van der Waals surface area contributed by atoms with Crippen molar-refractivity contribution in [3.63, 3.8) is 0 Å². The zero-order chi connectivity index (χ0) is 14.2. The van der Waals surface area contributed by atoms with E-state index in [1.165, 1.54) is 11.1 Å². The topological polar surface area (TPSA) is 31.2 Å². The predicted molar refractivity (Wildman–Crippen MR) is 85.4 cm³/mol. The lowest BCUT2D eigenvalue weighted by Crippen LogP contribution is -2.19. The Morgan fingerprint density at radius 2 is 2.19 bits per heavy atom. The highest BCUT2D eigenvalue weighted by atomic mass is 32.1. The average molecular weight is 297 g/mol. The Hall–Kier alpha value is -2.07. The molecule has 0 spiro atoms. The summed E-state index contributed by atoms with van der Waals surface area (Å²) in [4.78, 5) is 12.3. The Morgan fingerprint density at radius 1 is 1.24 bits per heavy atom. The molecule has 0 saturated carbocycles. The SMILES string of the molecule is O=c1c2ccsc2ccn1CCc1ccc2c(c1)CCO2. The second-order valence-electron chi connectivity index (χ2n) is 5.30. The van der Waals surface area contributed by atoms with E-state index in [-0.39, 0.29) is 5.56 Å². The molecule has 4 heteroatoms. The normalized spacial score (nSPS) is 13.3. The van der Waals surface area contributed by atoms with Crippen LogP contribution in [0.3, 0.4) is 0 Å². The van der Waals surface area contributed by atoms with E-state index in [2.05, 4.69) is 12.1 Å². The Kier molecular flexibility index (Phi) is 3.04. The summed E-state index contributed by atoms with van der Waals surface area (Å²) >= 11 is 1.61. The van der Waals surface area contributed by atoms with Gasteiger partial charge in [-0.05, 0) is 41.1 Å². The van der Waals surface area contributed by atoms with Crippen LogP contribution in [0.5, 0.6) is 5.75 Å². The largest absolute Gasteiger partial charge is 0.493 e. The van der Waals surface area contributed by atoms with E-state index in [9.17, 15) is 4.79 Å². The van der Waals surface area contributed by atoms with Crippen molar-refractivity contribution in [1.29, 1.82) is 0 Å². The van der Waals surface area contributed by atoms with Gasteiger partial charge in [-0.3, -0.25) is 4.79 Å². The molecule has 3 nitrogen and oxygen atoms in total. The summed E-state index contributed by atoms with van der Waals surface area (Å²) in [6.45, 7) is 1.50. The molecule has 21 heavy (non-hydrogen) atoms. The van der Waals surface area contributed by atoms with Crippen LogP contribution in [-0.4, -0.2) is 11.2 Å². The number of pyridine rings is 1. The van der Waals surface area contributed by atoms with Gasteiger partial charge in [-0.2, -0.15) is 0 Å². The molecule has 106 valence electrons. The number of benzene rings is 1. The van der Waals surface area contributed by atoms with Crippen LogP contribution in [0.2, 0.25) is 0 Å². The van der Waals surface area contributed by atoms with Crippen LogP contribution in [0.25, 0.3) is 10.1 Å². The molecule has 0 fully saturated rings. The molecule has 0 radical (unpaired) electrons. The zero-order valence-corrected chi connectivity index (χ0v) is 12.4. The minimum absolute atomic E-state index is 0.109. The minimum Gasteiger partial charge on any atom is -0.493 e. The number of aromatic nitrogens is 1. The highest BCUT2D eigenvalue weighted by Gasteiger charge is 2.12. The molecule has 3 aromatic rings. The molecule has 4 rings (SSSR count). The van der Waals surface area contributed by atoms with Crippen LogP contribution in [-0.2, 0) is 19.4 Å². The van der Waals surface area contributed by atoms with Gasteiger partial charge in [0.05, 0.1) is 12.0 Å². The van der Waals surface area contributed by atoms with Crippen LogP contribution < -0.4 is 10.3 Å². The van der Waals surface area contributed by atoms with Gasteiger partial charge in [-0.15, -0.1) is 11.3 Å². The standard InChI is InChI=1S/C17H15NO2S/c19-17-14-6-10-21-16(14)4-8-18(17)7-3-12-1-2-15-13(11-12)5-9-20-15/h1-2,4,6,8,10-11H,3,5,7,9H2. The fourth-order valence-corrected chi connectivity index (χ4v) is 3.60. The number of thiophene rings is 1. The van der Waals surface area contributed by atoms with Gasteiger partial charge in [0.15, 0.2) is 0 Å². The van der Waals surface area contributed by atoms with E-state index in [4.69, 9.17) is 4.74 Å². The lowest BCUT2D eigenvalue weighted by molar-refractivity contribution is 0.357. The monoisotopic (exact) mass is 297 g/mol. The summed E-state index contributed by atoms with van der Waals surface area (Å²) in [6, 6.07) is 10.3. The second-order valence-corrected chi connectivity index (χ2v) is 6.25. The molecule has 2 aromatic heterocycles. The number of aryl methyl sites for hydroxylation is 2. The Labute approximate surface area is 126 Å². The van der Waals surface area contributed by atoms with Gasteiger partial charge in [0.25, 0.3) is 5.56 Å². The summed E-state index contributed by atoms with van der Waals surface area (Å²) in [5, 5.41) is 2.79. The Balaban J connectivity index is 1.58. The predicted octanol–water partition coefficient (Wildman–Crippen LogP) is 3.24. The average Bonchev–Trinajstić information content (AvgIpc) is 3.15. The van der Waals surface area contributed by atoms with Crippen molar-refractivity contribution in [3.8, 4) is 5.75 Å². The Morgan fingerprint density at radius 3 is 3.14 bits per heavy atom. The molecule has 0 N–H and O–H groups in total. The molecular formula is C17H15NO2S. The molecule has 0 bridgehead atoms. The number of ether oxygens (including phenoxy) is 1. The molecule has 0 amide bonds. The summed E-state index contributed by atoms with van der Waals surface area (Å²) in [5.41, 5.74) is 2.66. The van der Waals surface area contributed by atoms with Crippen LogP contribution in [0.15, 0.2) is 46.7 Å². The van der Waals surface area contributed by atoms with Gasteiger partial charge in [-0.25, -0.2) is 0 Å². The number of hydrogen-bond donors (Lipinski definition) is 0. The number of fused-ring (bicyclic) bond motifs is 2. The fourth-order valence-electron chi connectivity index (χ4n) is 2.83. The maximum absolute atomic E-state index is 12.3. The third kappa shape index (κ3) is 2.25. The highest BCUT2D eigenvalue weighted by molar-refractivity contribution is 7.17. The van der Waals surface area contributed by atoms with Gasteiger partial charge in [0.1, 0.15) is 5.75 Å². The quantitative estimate of drug-likeness (QED) is 0.743. The maximum atomic E-state index is 12.3. The molecule has 1 aromatic carbocycles. The van der Waals surface area contributed by atoms with E-state index in [0.29, 0.717) is 6.54 Å². The first kappa shape index (κ1) is 12.7. The number of hydrogen-bond acceptors (Lipinski definition) is 3. The van der Waals surface area contributed by atoms with Crippen LogP contribution in [0, 0.1) is 0 Å². The van der Waals surface area contributed by atoms with Crippen LogP contribution >= 0.6 is 11.3 Å². The Bertz CT molecular complexity index is 863. The van der Waals surface area contributed by atoms with Crippen molar-refractivity contribution in [2.45, 2.75) is 19.4 Å². The summed E-state index contributed by atoms with van der Waals surface area (Å²) in [7, 11) is 0. The van der Waals surface area contributed by atoms with E-state index in [0.717, 1.165) is 35.3 Å². The van der Waals surface area contributed by atoms with Crippen LogP contribution in [0.1, 0.15) is 11.1 Å². The number of nitrogens with zero attached hydrogens (tertiary/aromatic N) is 1. The van der Waals surface area contributed by atoms with Crippen molar-refractivity contribution in [3.05, 3.63) is 63.4 Å². The van der Waals surface area contributed by atoms with Crippen molar-refractivity contribution in [2.75, 3.05) is 6.61 Å². The van der Waals surface area contributed by atoms with Gasteiger partial charge in [0, 0.05) is 23.9 Å². The molecule has 0 aliphatic carbocycles. The lowest BCUT2D eigenvalue weighted by Gasteiger charge is -2.07. The molecule has 3 heterocycles. The van der Waals surface area contributed by atoms with Gasteiger partial charge < -0.3 is 9.30 Å². The number of rotatable bonds is 3. The fraction of sp³-hybridized carbons (Fsp3) is 0.235. The molecular weight excluding hydrogens is 282 g/mol. The molecule has 1 aliphatic rings. The smallest absolute Gasteiger partial charge is 0.259 e. The van der Waals surface area contributed by atoms with Crippen molar-refractivity contribution in [1.82, 2.24) is 4.57 Å². The summed E-state index contributed by atoms with van der Waals surface area (Å²) < 4.78 is 8.39. The van der Waals surface area contributed by atoms with E-state index in [1.807, 2.05) is 29.8 Å². The third-order valence-corrected chi connectivity index (χ3v) is 4.87. The highest BCUT2D eigenvalue weighted by Crippen LogP contribution is 2.26. The molecule has 0 atom stereocenters. The van der Waals surface area contributed by atoms with E-state index in [1.54, 1.807) is 15.9 Å². The molecule has 1 aliphatic heterocycles. The first-order valence-electron chi connectivity index (χ1n) is 7.12. The van der Waals surface area contributed by atoms with E-state index < -0.39 is 0 Å². The maximum Gasteiger partial charge on any atom is 0.259 e. The first-order chi connectivity index (χ1) is 10.3. The second kappa shape index (κ2) is 5.04. The van der Waals surface area contributed by atoms with Crippen molar-refractivity contribution < 1.29 is 4.74 Å². The minimum atomic E-state index is 0.109. The van der Waals surface area contributed by atoms with Crippen LogP contribution in [0.4, 0.5) is 0 Å². The van der Waals surface area contributed by atoms with Gasteiger partial charge in [-0.1, -0.05) is 12.1 Å². The first-order valence-corrected chi connectivity index (χ1v) is 8.00. The molecule has 0 saturated heterocycles. The van der Waals surface area contributed by atoms with Gasteiger partial charge in [0.2, 0.25) is 0 Å². The van der Waals surface area contributed by atoms with Crippen molar-refractivity contribution in [2.24, 2.45) is 0 Å². The third-order valence-electron chi connectivity index (χ3n) is 3.99. The van der Waals surface area contributed by atoms with Crippen molar-refractivity contribution >= 4 is 21.4 Å². The summed E-state index contributed by atoms with van der Waals surface area (Å²) in [5.74, 6) is 1.01.